The van der Waals surface area contributed by atoms with Crippen LogP contribution in [0.3, 0.4) is 0 Å². The average molecular weight is 537 g/mol. The SMILES string of the molecule is CCC(CC)NC(=O)COc1cccc(-c2nc3c(c(Nc4ccc(/C(C=N)=C/N)cc4)n2)COC3)c1.Cl. The molecule has 0 aliphatic carbocycles. The Hall–Kier alpha value is -3.95. The lowest BCUT2D eigenvalue weighted by molar-refractivity contribution is -0.123. The van der Waals surface area contributed by atoms with Crippen LogP contribution in [0.4, 0.5) is 11.5 Å². The van der Waals surface area contributed by atoms with Gasteiger partial charge in [-0.3, -0.25) is 4.79 Å². The van der Waals surface area contributed by atoms with Crippen LogP contribution in [0.2, 0.25) is 0 Å². The molecule has 2 aromatic carbocycles. The number of ether oxygens (including phenoxy) is 2. The van der Waals surface area contributed by atoms with Crippen LogP contribution in [0.15, 0.2) is 54.7 Å². The van der Waals surface area contributed by atoms with Crippen molar-refractivity contribution in [1.82, 2.24) is 15.3 Å². The van der Waals surface area contributed by atoms with Gasteiger partial charge in [-0.25, -0.2) is 9.97 Å². The minimum atomic E-state index is -0.141. The lowest BCUT2D eigenvalue weighted by atomic mass is 10.1. The van der Waals surface area contributed by atoms with E-state index in [1.807, 2.05) is 62.4 Å². The largest absolute Gasteiger partial charge is 0.484 e. The molecule has 0 radical (unpaired) electrons. The molecule has 0 saturated carbocycles. The molecule has 9 nitrogen and oxygen atoms in total. The van der Waals surface area contributed by atoms with E-state index in [0.717, 1.165) is 40.9 Å². The van der Waals surface area contributed by atoms with Crippen LogP contribution in [-0.2, 0) is 22.7 Å². The highest BCUT2D eigenvalue weighted by molar-refractivity contribution is 6.08. The van der Waals surface area contributed by atoms with Crippen molar-refractivity contribution in [2.45, 2.75) is 45.9 Å². The number of nitrogens with two attached hydrogens (primary N) is 1. The van der Waals surface area contributed by atoms with Gasteiger partial charge in [0, 0.05) is 40.8 Å². The van der Waals surface area contributed by atoms with E-state index >= 15 is 0 Å². The first kappa shape index (κ1) is 28.6. The number of halogens is 1. The first-order valence-corrected chi connectivity index (χ1v) is 12.3. The number of aromatic nitrogens is 2. The molecule has 1 aromatic heterocycles. The minimum absolute atomic E-state index is 0. The van der Waals surface area contributed by atoms with Crippen LogP contribution in [0.1, 0.15) is 43.5 Å². The Kier molecular flexibility index (Phi) is 10.2. The molecule has 0 spiro atoms. The Morgan fingerprint density at radius 2 is 1.92 bits per heavy atom. The van der Waals surface area contributed by atoms with Gasteiger partial charge in [-0.05, 0) is 42.7 Å². The molecule has 38 heavy (non-hydrogen) atoms. The highest BCUT2D eigenvalue weighted by Crippen LogP contribution is 2.31. The fraction of sp³-hybridized carbons (Fsp3) is 0.286. The molecule has 0 saturated heterocycles. The smallest absolute Gasteiger partial charge is 0.258 e. The molecule has 0 fully saturated rings. The third kappa shape index (κ3) is 6.87. The molecular formula is C28H33ClN6O3. The second kappa shape index (κ2) is 13.6. The topological polar surface area (TPSA) is 135 Å². The number of fused-ring (bicyclic) bond motifs is 1. The van der Waals surface area contributed by atoms with Crippen molar-refractivity contribution >= 4 is 41.6 Å². The third-order valence-electron chi connectivity index (χ3n) is 6.21. The zero-order valence-electron chi connectivity index (χ0n) is 21.5. The van der Waals surface area contributed by atoms with E-state index in [0.29, 0.717) is 36.2 Å². The minimum Gasteiger partial charge on any atom is -0.484 e. The summed E-state index contributed by atoms with van der Waals surface area (Å²) >= 11 is 0. The summed E-state index contributed by atoms with van der Waals surface area (Å²) < 4.78 is 11.4. The van der Waals surface area contributed by atoms with Crippen LogP contribution in [0, 0.1) is 5.41 Å². The second-order valence-electron chi connectivity index (χ2n) is 8.68. The Balaban J connectivity index is 0.00000400. The van der Waals surface area contributed by atoms with Gasteiger partial charge < -0.3 is 31.3 Å². The van der Waals surface area contributed by atoms with Crippen molar-refractivity contribution in [1.29, 1.82) is 5.41 Å². The molecule has 2 heterocycles. The summed E-state index contributed by atoms with van der Waals surface area (Å²) in [6, 6.07) is 15.2. The van der Waals surface area contributed by atoms with E-state index < -0.39 is 0 Å². The number of hydrogen-bond donors (Lipinski definition) is 4. The van der Waals surface area contributed by atoms with Crippen LogP contribution in [0.25, 0.3) is 17.0 Å². The van der Waals surface area contributed by atoms with E-state index in [-0.39, 0.29) is 31.0 Å². The fourth-order valence-corrected chi connectivity index (χ4v) is 4.03. The fourth-order valence-electron chi connectivity index (χ4n) is 4.03. The van der Waals surface area contributed by atoms with Crippen LogP contribution >= 0.6 is 12.4 Å². The number of amides is 1. The number of carbonyl (C=O) groups is 1. The quantitative estimate of drug-likeness (QED) is 0.254. The Morgan fingerprint density at radius 3 is 2.61 bits per heavy atom. The van der Waals surface area contributed by atoms with Gasteiger partial charge in [0.25, 0.3) is 5.91 Å². The maximum Gasteiger partial charge on any atom is 0.258 e. The number of nitrogens with one attached hydrogen (secondary N) is 3. The van der Waals surface area contributed by atoms with E-state index in [1.54, 1.807) is 0 Å². The molecule has 0 atom stereocenters. The molecular weight excluding hydrogens is 504 g/mol. The van der Waals surface area contributed by atoms with E-state index in [2.05, 4.69) is 10.6 Å². The summed E-state index contributed by atoms with van der Waals surface area (Å²) in [5.41, 5.74) is 10.4. The molecule has 200 valence electrons. The predicted molar refractivity (Wildman–Crippen MR) is 152 cm³/mol. The molecule has 3 aromatic rings. The molecule has 1 aliphatic rings. The number of benzene rings is 2. The summed E-state index contributed by atoms with van der Waals surface area (Å²) in [6.45, 7) is 4.88. The summed E-state index contributed by atoms with van der Waals surface area (Å²) in [6.07, 6.45) is 4.40. The summed E-state index contributed by atoms with van der Waals surface area (Å²) in [7, 11) is 0. The van der Waals surface area contributed by atoms with Gasteiger partial charge >= 0.3 is 0 Å². The normalized spacial score (nSPS) is 12.4. The summed E-state index contributed by atoms with van der Waals surface area (Å²) in [5.74, 6) is 1.63. The molecule has 4 rings (SSSR count). The Bertz CT molecular complexity index is 1290. The number of allylic oxidation sites excluding steroid dienone is 1. The van der Waals surface area contributed by atoms with Gasteiger partial charge in [-0.15, -0.1) is 12.4 Å². The van der Waals surface area contributed by atoms with Gasteiger partial charge in [0.1, 0.15) is 11.6 Å². The van der Waals surface area contributed by atoms with Gasteiger partial charge in [-0.1, -0.05) is 38.1 Å². The van der Waals surface area contributed by atoms with E-state index in [1.165, 1.54) is 12.4 Å². The second-order valence-corrected chi connectivity index (χ2v) is 8.68. The van der Waals surface area contributed by atoms with Gasteiger partial charge in [0.05, 0.1) is 18.9 Å². The number of hydrogen-bond acceptors (Lipinski definition) is 8. The van der Waals surface area contributed by atoms with E-state index in [9.17, 15) is 4.79 Å². The Morgan fingerprint density at radius 1 is 1.16 bits per heavy atom. The molecule has 5 N–H and O–H groups in total. The van der Waals surface area contributed by atoms with Gasteiger partial charge in [0.2, 0.25) is 0 Å². The van der Waals surface area contributed by atoms with Crippen molar-refractivity contribution in [3.63, 3.8) is 0 Å². The standard InChI is InChI=1S/C28H32N6O3.ClH/c1-3-21(4-2)31-26(35)17-37-23-7-5-6-19(12-23)27-33-25-16-36-15-24(25)28(34-27)32-22-10-8-18(9-11-22)20(13-29)14-30;/h5-14,21,29H,3-4,15-17,30H2,1-2H3,(H,31,35)(H,32,33,34);1H/b20-14+,29-13?;. The highest BCUT2D eigenvalue weighted by Gasteiger charge is 2.21. The Labute approximate surface area is 228 Å². The van der Waals surface area contributed by atoms with Crippen molar-refractivity contribution in [2.75, 3.05) is 11.9 Å². The first-order chi connectivity index (χ1) is 18.0. The van der Waals surface area contributed by atoms with Crippen LogP contribution < -0.4 is 21.1 Å². The third-order valence-corrected chi connectivity index (χ3v) is 6.21. The zero-order valence-corrected chi connectivity index (χ0v) is 22.3. The number of carbonyl (C=O) groups excluding carboxylic acids is 1. The lowest BCUT2D eigenvalue weighted by Gasteiger charge is -2.15. The molecule has 1 aliphatic heterocycles. The number of nitrogens with zero attached hydrogens (tertiary/aromatic N) is 2. The summed E-state index contributed by atoms with van der Waals surface area (Å²) in [4.78, 5) is 21.8. The van der Waals surface area contributed by atoms with Crippen LogP contribution in [-0.4, -0.2) is 34.7 Å². The maximum atomic E-state index is 12.2. The maximum absolute atomic E-state index is 12.2. The first-order valence-electron chi connectivity index (χ1n) is 12.3. The molecule has 1 amide bonds. The zero-order chi connectivity index (χ0) is 26.2. The van der Waals surface area contributed by atoms with Gasteiger partial charge in [-0.2, -0.15) is 0 Å². The van der Waals surface area contributed by atoms with Crippen molar-refractivity contribution < 1.29 is 14.3 Å². The number of rotatable bonds is 11. The van der Waals surface area contributed by atoms with Crippen molar-refractivity contribution in [2.24, 2.45) is 5.73 Å². The monoisotopic (exact) mass is 536 g/mol. The van der Waals surface area contributed by atoms with Crippen molar-refractivity contribution in [3.05, 3.63) is 71.6 Å². The van der Waals surface area contributed by atoms with E-state index in [4.69, 9.17) is 30.6 Å². The summed E-state index contributed by atoms with van der Waals surface area (Å²) in [5, 5.41) is 13.8. The van der Waals surface area contributed by atoms with Crippen molar-refractivity contribution in [3.8, 4) is 17.1 Å². The lowest BCUT2D eigenvalue weighted by Crippen LogP contribution is -2.37. The average Bonchev–Trinajstić information content (AvgIpc) is 3.41. The predicted octanol–water partition coefficient (Wildman–Crippen LogP) is 4.97. The van der Waals surface area contributed by atoms with Gasteiger partial charge in [0.15, 0.2) is 12.4 Å². The number of anilines is 2. The molecule has 0 bridgehead atoms. The highest BCUT2D eigenvalue weighted by atomic mass is 35.5. The molecule has 0 unspecified atom stereocenters. The molecule has 10 heteroatoms. The van der Waals surface area contributed by atoms with Crippen LogP contribution in [0.5, 0.6) is 5.75 Å².